The smallest absolute Gasteiger partial charge is 0.139 e. The number of aromatic nitrogens is 1. The number of nitrogens with one attached hydrogen (secondary N) is 1. The summed E-state index contributed by atoms with van der Waals surface area (Å²) >= 11 is 0. The van der Waals surface area contributed by atoms with Crippen molar-refractivity contribution in [2.45, 2.75) is 38.7 Å². The third-order valence-corrected chi connectivity index (χ3v) is 3.31. The van der Waals surface area contributed by atoms with Crippen LogP contribution in [-0.2, 0) is 12.8 Å². The average molecular weight is 262 g/mol. The Kier molecular flexibility index (Phi) is 3.49. The number of hydrogen-bond donors (Lipinski definition) is 3. The first-order valence-corrected chi connectivity index (χ1v) is 6.58. The van der Waals surface area contributed by atoms with Gasteiger partial charge >= 0.3 is 0 Å². The Balaban J connectivity index is 2.40. The van der Waals surface area contributed by atoms with Crippen molar-refractivity contribution in [3.05, 3.63) is 22.9 Å². The molecule has 0 unspecified atom stereocenters. The number of nitrogens with two attached hydrogens (primary N) is 1. The van der Waals surface area contributed by atoms with E-state index in [1.807, 2.05) is 18.0 Å². The molecule has 0 spiro atoms. The minimum absolute atomic E-state index is 0.0276. The number of aliphatic hydroxyl groups is 1. The maximum atomic E-state index is 9.92. The SMILES string of the molecule is CN(CC(C)(C)O)c1nc2c(cc1C(=N)N)CCC2. The Bertz CT molecular complexity index is 505. The van der Waals surface area contributed by atoms with E-state index in [1.54, 1.807) is 13.8 Å². The second-order valence-corrected chi connectivity index (χ2v) is 5.90. The van der Waals surface area contributed by atoms with Crippen LogP contribution in [0.2, 0.25) is 0 Å². The molecule has 0 radical (unpaired) electrons. The lowest BCUT2D eigenvalue weighted by Crippen LogP contribution is -2.37. The average Bonchev–Trinajstić information content (AvgIpc) is 2.71. The lowest BCUT2D eigenvalue weighted by molar-refractivity contribution is 0.0884. The molecule has 0 saturated heterocycles. The summed E-state index contributed by atoms with van der Waals surface area (Å²) in [5.74, 6) is 0.718. The van der Waals surface area contributed by atoms with Gasteiger partial charge in [-0.25, -0.2) is 4.98 Å². The van der Waals surface area contributed by atoms with E-state index < -0.39 is 5.60 Å². The Morgan fingerprint density at radius 1 is 1.53 bits per heavy atom. The molecule has 0 aromatic carbocycles. The van der Waals surface area contributed by atoms with Crippen LogP contribution in [0.25, 0.3) is 0 Å². The molecule has 0 atom stereocenters. The monoisotopic (exact) mass is 262 g/mol. The molecule has 2 rings (SSSR count). The molecule has 5 nitrogen and oxygen atoms in total. The zero-order valence-corrected chi connectivity index (χ0v) is 11.8. The van der Waals surface area contributed by atoms with Crippen LogP contribution in [0.1, 0.15) is 37.1 Å². The fourth-order valence-corrected chi connectivity index (χ4v) is 2.61. The lowest BCUT2D eigenvalue weighted by Gasteiger charge is -2.28. The van der Waals surface area contributed by atoms with Crippen molar-refractivity contribution in [1.82, 2.24) is 4.98 Å². The molecule has 1 aromatic heterocycles. The van der Waals surface area contributed by atoms with E-state index in [9.17, 15) is 5.11 Å². The maximum absolute atomic E-state index is 9.92. The number of rotatable bonds is 4. The van der Waals surface area contributed by atoms with Crippen molar-refractivity contribution in [2.24, 2.45) is 5.73 Å². The van der Waals surface area contributed by atoms with Crippen molar-refractivity contribution in [3.8, 4) is 0 Å². The Morgan fingerprint density at radius 3 is 2.79 bits per heavy atom. The summed E-state index contributed by atoms with van der Waals surface area (Å²) in [5, 5.41) is 17.6. The van der Waals surface area contributed by atoms with Crippen LogP contribution < -0.4 is 10.6 Å². The number of amidine groups is 1. The van der Waals surface area contributed by atoms with Gasteiger partial charge in [-0.1, -0.05) is 0 Å². The minimum atomic E-state index is -0.816. The number of hydrogen-bond acceptors (Lipinski definition) is 4. The molecule has 1 aliphatic rings. The summed E-state index contributed by atoms with van der Waals surface area (Å²) in [7, 11) is 1.87. The van der Waals surface area contributed by atoms with Crippen LogP contribution in [0.5, 0.6) is 0 Å². The quantitative estimate of drug-likeness (QED) is 0.559. The maximum Gasteiger partial charge on any atom is 0.139 e. The van der Waals surface area contributed by atoms with Gasteiger partial charge in [0.2, 0.25) is 0 Å². The van der Waals surface area contributed by atoms with Crippen LogP contribution in [0.4, 0.5) is 5.82 Å². The molecular weight excluding hydrogens is 240 g/mol. The van der Waals surface area contributed by atoms with Gasteiger partial charge in [0, 0.05) is 19.3 Å². The predicted octanol–water partition coefficient (Wildman–Crippen LogP) is 1.06. The highest BCUT2D eigenvalue weighted by molar-refractivity contribution is 5.99. The molecule has 4 N–H and O–H groups in total. The summed E-state index contributed by atoms with van der Waals surface area (Å²) < 4.78 is 0. The number of anilines is 1. The summed E-state index contributed by atoms with van der Waals surface area (Å²) in [4.78, 5) is 6.52. The summed E-state index contributed by atoms with van der Waals surface area (Å²) in [6.07, 6.45) is 3.10. The van der Waals surface area contributed by atoms with E-state index in [-0.39, 0.29) is 5.84 Å². The normalized spacial score (nSPS) is 14.3. The van der Waals surface area contributed by atoms with Crippen molar-refractivity contribution < 1.29 is 5.11 Å². The van der Waals surface area contributed by atoms with Crippen molar-refractivity contribution in [2.75, 3.05) is 18.5 Å². The van der Waals surface area contributed by atoms with Gasteiger partial charge in [0.15, 0.2) is 0 Å². The standard InChI is InChI=1S/C14H22N4O/c1-14(2,19)8-18(3)13-10(12(15)16)7-9-5-4-6-11(9)17-13/h7,19H,4-6,8H2,1-3H3,(H3,15,16). The zero-order valence-electron chi connectivity index (χ0n) is 11.8. The highest BCUT2D eigenvalue weighted by Crippen LogP contribution is 2.27. The van der Waals surface area contributed by atoms with E-state index >= 15 is 0 Å². The van der Waals surface area contributed by atoms with E-state index in [0.29, 0.717) is 17.9 Å². The second-order valence-electron chi connectivity index (χ2n) is 5.90. The summed E-state index contributed by atoms with van der Waals surface area (Å²) in [6, 6.07) is 1.98. The Hall–Kier alpha value is -1.62. The largest absolute Gasteiger partial charge is 0.389 e. The second kappa shape index (κ2) is 4.81. The van der Waals surface area contributed by atoms with Crippen LogP contribution in [0.3, 0.4) is 0 Å². The molecule has 0 amide bonds. The first-order chi connectivity index (χ1) is 8.78. The zero-order chi connectivity index (χ0) is 14.2. The molecule has 1 heterocycles. The Morgan fingerprint density at radius 2 is 2.21 bits per heavy atom. The third kappa shape index (κ3) is 3.04. The fourth-order valence-electron chi connectivity index (χ4n) is 2.61. The van der Waals surface area contributed by atoms with Crippen LogP contribution >= 0.6 is 0 Å². The third-order valence-electron chi connectivity index (χ3n) is 3.31. The minimum Gasteiger partial charge on any atom is -0.389 e. The van der Waals surface area contributed by atoms with E-state index in [2.05, 4.69) is 4.98 Å². The van der Waals surface area contributed by atoms with Gasteiger partial charge in [0.05, 0.1) is 11.2 Å². The van der Waals surface area contributed by atoms with Crippen LogP contribution in [-0.4, -0.2) is 35.1 Å². The van der Waals surface area contributed by atoms with Crippen molar-refractivity contribution in [3.63, 3.8) is 0 Å². The summed E-state index contributed by atoms with van der Waals surface area (Å²) in [6.45, 7) is 3.95. The van der Waals surface area contributed by atoms with Crippen LogP contribution in [0.15, 0.2) is 6.07 Å². The molecule has 19 heavy (non-hydrogen) atoms. The van der Waals surface area contributed by atoms with Crippen molar-refractivity contribution >= 4 is 11.7 Å². The number of nitrogens with zero attached hydrogens (tertiary/aromatic N) is 2. The molecule has 0 bridgehead atoms. The van der Waals surface area contributed by atoms with E-state index in [4.69, 9.17) is 11.1 Å². The van der Waals surface area contributed by atoms with Crippen molar-refractivity contribution in [1.29, 1.82) is 5.41 Å². The lowest BCUT2D eigenvalue weighted by atomic mass is 10.1. The fraction of sp³-hybridized carbons (Fsp3) is 0.571. The predicted molar refractivity (Wildman–Crippen MR) is 76.8 cm³/mol. The molecule has 0 saturated carbocycles. The highest BCUT2D eigenvalue weighted by Gasteiger charge is 2.23. The highest BCUT2D eigenvalue weighted by atomic mass is 16.3. The first kappa shape index (κ1) is 13.8. The molecule has 0 aliphatic heterocycles. The first-order valence-electron chi connectivity index (χ1n) is 6.58. The topological polar surface area (TPSA) is 86.2 Å². The van der Waals surface area contributed by atoms with Crippen LogP contribution in [0, 0.1) is 5.41 Å². The van der Waals surface area contributed by atoms with E-state index in [0.717, 1.165) is 25.0 Å². The van der Waals surface area contributed by atoms with Gasteiger partial charge in [-0.05, 0) is 44.7 Å². The number of pyridine rings is 1. The van der Waals surface area contributed by atoms with Gasteiger partial charge in [0.1, 0.15) is 11.7 Å². The number of aryl methyl sites for hydroxylation is 2. The molecule has 104 valence electrons. The number of nitrogen functional groups attached to an aromatic ring is 1. The molecule has 1 aliphatic carbocycles. The molecule has 0 fully saturated rings. The Labute approximate surface area is 114 Å². The van der Waals surface area contributed by atoms with Gasteiger partial charge in [-0.3, -0.25) is 5.41 Å². The summed E-state index contributed by atoms with van der Waals surface area (Å²) in [5.41, 5.74) is 7.81. The number of fused-ring (bicyclic) bond motifs is 1. The molecule has 1 aromatic rings. The number of likely N-dealkylation sites (N-methyl/N-ethyl adjacent to an activating group) is 1. The van der Waals surface area contributed by atoms with Gasteiger partial charge in [0.25, 0.3) is 0 Å². The van der Waals surface area contributed by atoms with Gasteiger partial charge in [-0.15, -0.1) is 0 Å². The van der Waals surface area contributed by atoms with Gasteiger partial charge < -0.3 is 15.7 Å². The molecule has 5 heteroatoms. The van der Waals surface area contributed by atoms with Gasteiger partial charge in [-0.2, -0.15) is 0 Å². The molecular formula is C14H22N4O. The van der Waals surface area contributed by atoms with E-state index in [1.165, 1.54) is 5.56 Å².